The first kappa shape index (κ1) is 94.4. The predicted octanol–water partition coefficient (Wildman–Crippen LogP) is 23.3. The van der Waals surface area contributed by atoms with Crippen molar-refractivity contribution < 1.29 is 52.2 Å². The molecule has 0 saturated carbocycles. The fourth-order valence-electron chi connectivity index (χ4n) is 17.0. The average molecular weight is 1500 g/mol. The van der Waals surface area contributed by atoms with Gasteiger partial charge in [-0.3, -0.25) is 0 Å². The Kier molecular flexibility index (Phi) is 47.6. The molecule has 8 bridgehead atoms. The summed E-state index contributed by atoms with van der Waals surface area (Å²) in [4.78, 5) is 0. The lowest BCUT2D eigenvalue weighted by Crippen LogP contribution is -2.41. The third kappa shape index (κ3) is 38.6. The largest absolute Gasteiger partial charge is 0.493 e. The van der Waals surface area contributed by atoms with Gasteiger partial charge in [0.1, 0.15) is 68.8 Å². The number of hydrogen-bond donors (Lipinski definition) is 3. The highest BCUT2D eigenvalue weighted by atomic mass is 16.5. The fraction of sp³-hybridized carbons (Fsp3) is 0.753. The van der Waals surface area contributed by atoms with Crippen LogP contribution in [0.2, 0.25) is 0 Å². The molecule has 0 fully saturated rings. The predicted molar refractivity (Wildman–Crippen MR) is 461 cm³/mol. The number of aliphatic hydroxyl groups is 3. The van der Waals surface area contributed by atoms with Crippen LogP contribution in [-0.2, 0) is 51.9 Å². The second-order valence-corrected chi connectivity index (χ2v) is 36.2. The van der Waals surface area contributed by atoms with Gasteiger partial charge in [0, 0.05) is 47.9 Å². The number of hydrogen-bond acceptors (Lipinski definition) is 7. The molecule has 616 valence electrons. The third-order valence-corrected chi connectivity index (χ3v) is 23.1. The monoisotopic (exact) mass is 1500 g/mol. The lowest BCUT2D eigenvalue weighted by Gasteiger charge is -2.31. The van der Waals surface area contributed by atoms with E-state index in [4.69, 9.17) is 18.9 Å². The molecular formula is C97H170N4O7+4. The van der Waals surface area contributed by atoms with E-state index in [-0.39, 0.29) is 19.8 Å². The minimum atomic E-state index is 0.110. The van der Waals surface area contributed by atoms with Gasteiger partial charge in [-0.1, -0.05) is 266 Å². The molecule has 11 nitrogen and oxygen atoms in total. The fourth-order valence-corrected chi connectivity index (χ4v) is 17.0. The van der Waals surface area contributed by atoms with Crippen molar-refractivity contribution >= 4 is 0 Å². The normalized spacial score (nSPS) is 12.9. The quantitative estimate of drug-likeness (QED) is 0.0264. The molecule has 1 aliphatic rings. The summed E-state index contributed by atoms with van der Waals surface area (Å²) in [5, 5.41) is 31.9. The lowest BCUT2D eigenvalue weighted by molar-refractivity contribution is -0.903. The molecule has 0 heterocycles. The second-order valence-electron chi connectivity index (χ2n) is 36.2. The maximum absolute atomic E-state index is 10.6. The van der Waals surface area contributed by atoms with Crippen LogP contribution >= 0.6 is 0 Å². The Morgan fingerprint density at radius 1 is 0.222 bits per heavy atom. The number of aliphatic hydroxyl groups excluding tert-OH is 3. The summed E-state index contributed by atoms with van der Waals surface area (Å²) < 4.78 is 33.2. The van der Waals surface area contributed by atoms with Crippen molar-refractivity contribution in [2.75, 3.05) is 129 Å². The number of nitrogens with zero attached hydrogens (tertiary/aromatic N) is 4. The maximum Gasteiger partial charge on any atom is 0.126 e. The number of ether oxygens (including phenoxy) is 4. The summed E-state index contributed by atoms with van der Waals surface area (Å²) in [6, 6.07) is 19.9. The Balaban J connectivity index is 1.88. The van der Waals surface area contributed by atoms with Gasteiger partial charge >= 0.3 is 0 Å². The smallest absolute Gasteiger partial charge is 0.126 e. The van der Waals surface area contributed by atoms with Crippen molar-refractivity contribution in [2.24, 2.45) is 0 Å². The van der Waals surface area contributed by atoms with Gasteiger partial charge in [-0.25, -0.2) is 0 Å². The number of benzene rings is 4. The van der Waals surface area contributed by atoms with Crippen LogP contribution in [0.25, 0.3) is 0 Å². The first-order valence-corrected chi connectivity index (χ1v) is 45.4. The zero-order valence-corrected chi connectivity index (χ0v) is 72.8. The van der Waals surface area contributed by atoms with Gasteiger partial charge in [0.25, 0.3) is 0 Å². The molecule has 0 spiro atoms. The van der Waals surface area contributed by atoms with E-state index in [1.165, 1.54) is 272 Å². The zero-order valence-electron chi connectivity index (χ0n) is 72.8. The van der Waals surface area contributed by atoms with Gasteiger partial charge in [-0.15, -0.1) is 0 Å². The number of rotatable bonds is 64. The van der Waals surface area contributed by atoms with Crippen molar-refractivity contribution in [3.05, 3.63) is 115 Å². The summed E-state index contributed by atoms with van der Waals surface area (Å²) in [6.07, 6.45) is 54.1. The molecule has 0 aliphatic heterocycles. The van der Waals surface area contributed by atoms with Crippen LogP contribution < -0.4 is 18.9 Å². The molecule has 0 unspecified atom stereocenters. The first-order chi connectivity index (χ1) is 52.2. The minimum absolute atomic E-state index is 0.110. The molecule has 108 heavy (non-hydrogen) atoms. The molecule has 0 atom stereocenters. The Morgan fingerprint density at radius 2 is 0.380 bits per heavy atom. The molecule has 0 aromatic heterocycles. The highest BCUT2D eigenvalue weighted by molar-refractivity contribution is 5.58. The van der Waals surface area contributed by atoms with E-state index in [2.05, 4.69) is 140 Å². The maximum atomic E-state index is 10.6. The lowest BCUT2D eigenvalue weighted by atomic mass is 9.88. The average Bonchev–Trinajstić information content (AvgIpc) is 0.771. The molecule has 0 amide bonds. The van der Waals surface area contributed by atoms with E-state index in [9.17, 15) is 15.3 Å². The van der Waals surface area contributed by atoms with Crippen LogP contribution in [0.3, 0.4) is 0 Å². The SMILES string of the molecule is CCCCCCCCCCCCOc1c2cc(C[N+](C)(C)CCC)cc1Cc1cc(C[N+](C)(C)CCO)cc(c1OCCCCCCCCCCCC)Cc1cc(C[N+](C)(C)CCO)cc(c1OCCCCCCCCCCCC)Cc1cc(C[N+](C)(C)CCO)cc(c1OCCCCCCCCCCCC)C2. The third-order valence-electron chi connectivity index (χ3n) is 23.1. The van der Waals surface area contributed by atoms with E-state index < -0.39 is 0 Å². The van der Waals surface area contributed by atoms with Crippen molar-refractivity contribution in [1.29, 1.82) is 0 Å². The number of quaternary nitrogens is 4. The summed E-state index contributed by atoms with van der Waals surface area (Å²) >= 11 is 0. The van der Waals surface area contributed by atoms with Crippen LogP contribution in [0.1, 0.15) is 365 Å². The van der Waals surface area contributed by atoms with Gasteiger partial charge < -0.3 is 52.2 Å². The van der Waals surface area contributed by atoms with Crippen molar-refractivity contribution in [3.8, 4) is 23.0 Å². The van der Waals surface area contributed by atoms with E-state index in [1.807, 2.05) is 0 Å². The Labute approximate surface area is 665 Å². The van der Waals surface area contributed by atoms with Crippen LogP contribution in [-0.4, -0.2) is 162 Å². The Morgan fingerprint density at radius 3 is 0.537 bits per heavy atom. The Bertz CT molecular complexity index is 2520. The molecule has 4 aromatic rings. The summed E-state index contributed by atoms with van der Waals surface area (Å²) in [5.41, 5.74) is 14.6. The standard InChI is InChI=1S/C97H170N4O7/c1-14-19-23-27-31-35-39-43-47-51-62-105-94-86-66-82(78-98(6,7)55-18-5)67-87(94)75-89-69-84(80-100(10,11)57-60-103)71-91(96(89)107-64-53-49-45-41-37-33-29-25-21-16-3)77-93-73-85(81-101(12,13)58-61-104)72-92(97(93)108-65-54-50-46-42-38-34-30-26-22-17-4)76-90-70-83(79-99(8,9)56-59-102)68-88(74-86)95(90)106-63-52-48-44-40-36-32-28-24-20-15-2/h66-73,102-104H,14-65,74-81H2,1-13H3/q+4. The summed E-state index contributed by atoms with van der Waals surface area (Å²) in [5.74, 6) is 3.98. The number of unbranched alkanes of at least 4 members (excludes halogenated alkanes) is 36. The summed E-state index contributed by atoms with van der Waals surface area (Å²) in [7, 11) is 18.4. The highest BCUT2D eigenvalue weighted by Crippen LogP contribution is 2.43. The van der Waals surface area contributed by atoms with Crippen LogP contribution in [0.15, 0.2) is 48.5 Å². The molecule has 11 heteroatoms. The van der Waals surface area contributed by atoms with Crippen LogP contribution in [0.5, 0.6) is 23.0 Å². The van der Waals surface area contributed by atoms with Crippen LogP contribution in [0.4, 0.5) is 0 Å². The highest BCUT2D eigenvalue weighted by Gasteiger charge is 2.29. The molecule has 4 aromatic carbocycles. The molecular weight excluding hydrogens is 1330 g/mol. The topological polar surface area (TPSA) is 97.6 Å². The van der Waals surface area contributed by atoms with Gasteiger partial charge in [-0.2, -0.15) is 0 Å². The molecule has 5 rings (SSSR count). The van der Waals surface area contributed by atoms with Crippen molar-refractivity contribution in [1.82, 2.24) is 0 Å². The van der Waals surface area contributed by atoms with Gasteiger partial charge in [-0.05, 0) is 125 Å². The zero-order chi connectivity index (χ0) is 78.1. The van der Waals surface area contributed by atoms with E-state index >= 15 is 0 Å². The summed E-state index contributed by atoms with van der Waals surface area (Å²) in [6.45, 7) is 20.6. The van der Waals surface area contributed by atoms with Crippen molar-refractivity contribution in [3.63, 3.8) is 0 Å². The molecule has 3 N–H and O–H groups in total. The van der Waals surface area contributed by atoms with E-state index in [0.717, 1.165) is 118 Å². The van der Waals surface area contributed by atoms with Gasteiger partial charge in [0.15, 0.2) is 0 Å². The minimum Gasteiger partial charge on any atom is -0.493 e. The van der Waals surface area contributed by atoms with Crippen LogP contribution in [0, 0.1) is 0 Å². The van der Waals surface area contributed by atoms with Crippen molar-refractivity contribution in [2.45, 2.75) is 350 Å². The van der Waals surface area contributed by atoms with E-state index in [1.54, 1.807) is 0 Å². The number of likely N-dealkylation sites (N-methyl/N-ethyl adjacent to an activating group) is 3. The van der Waals surface area contributed by atoms with Gasteiger partial charge in [0.2, 0.25) is 0 Å². The second kappa shape index (κ2) is 54.5. The molecule has 0 radical (unpaired) electrons. The van der Waals surface area contributed by atoms with Gasteiger partial charge in [0.05, 0.1) is 109 Å². The first-order valence-electron chi connectivity index (χ1n) is 45.4. The molecule has 1 aliphatic carbocycles. The number of fused-ring (bicyclic) bond motifs is 8. The Hall–Kier alpha value is -4.20. The van der Waals surface area contributed by atoms with E-state index in [0.29, 0.717) is 85.2 Å². The molecule has 0 saturated heterocycles.